The van der Waals surface area contributed by atoms with Crippen molar-refractivity contribution in [2.45, 2.75) is 51.9 Å². The number of morpholine rings is 1. The Labute approximate surface area is 94.2 Å². The summed E-state index contributed by atoms with van der Waals surface area (Å²) in [6.45, 7) is 14.1. The summed E-state index contributed by atoms with van der Waals surface area (Å²) in [6.07, 6.45) is 0.335. The summed E-state index contributed by atoms with van der Waals surface area (Å²) in [5.74, 6) is 0. The molecule has 0 aliphatic carbocycles. The normalized spacial score (nSPS) is 28.0. The van der Waals surface area contributed by atoms with E-state index in [2.05, 4.69) is 44.8 Å². The molecular weight excluding hydrogens is 188 g/mol. The van der Waals surface area contributed by atoms with Crippen LogP contribution in [-0.4, -0.2) is 48.8 Å². The maximum Gasteiger partial charge on any atom is 0.0757 e. The molecule has 0 aromatic rings. The van der Waals surface area contributed by atoms with Gasteiger partial charge in [-0.05, 0) is 41.7 Å². The Balaban J connectivity index is 2.56. The molecule has 0 spiro atoms. The van der Waals surface area contributed by atoms with E-state index in [9.17, 15) is 0 Å². The maximum atomic E-state index is 5.89. The van der Waals surface area contributed by atoms with Gasteiger partial charge in [-0.3, -0.25) is 4.90 Å². The van der Waals surface area contributed by atoms with Crippen LogP contribution in [0, 0.1) is 0 Å². The van der Waals surface area contributed by atoms with Crippen LogP contribution < -0.4 is 5.32 Å². The van der Waals surface area contributed by atoms with Gasteiger partial charge in [0.15, 0.2) is 0 Å². The molecular formula is C12H26N2O. The van der Waals surface area contributed by atoms with Gasteiger partial charge in [-0.1, -0.05) is 0 Å². The second kappa shape index (κ2) is 4.40. The zero-order chi connectivity index (χ0) is 11.7. The second-order valence-electron chi connectivity index (χ2n) is 5.99. The third-order valence-electron chi connectivity index (χ3n) is 2.94. The van der Waals surface area contributed by atoms with E-state index in [1.165, 1.54) is 0 Å². The lowest BCUT2D eigenvalue weighted by molar-refractivity contribution is -0.131. The van der Waals surface area contributed by atoms with Crippen molar-refractivity contribution in [3.05, 3.63) is 0 Å². The Morgan fingerprint density at radius 1 is 1.47 bits per heavy atom. The van der Waals surface area contributed by atoms with Gasteiger partial charge in [-0.2, -0.15) is 0 Å². The van der Waals surface area contributed by atoms with Crippen LogP contribution in [0.2, 0.25) is 0 Å². The Kier molecular flexibility index (Phi) is 3.80. The van der Waals surface area contributed by atoms with Crippen molar-refractivity contribution in [1.29, 1.82) is 0 Å². The summed E-state index contributed by atoms with van der Waals surface area (Å²) in [5, 5.41) is 3.35. The average molecular weight is 214 g/mol. The van der Waals surface area contributed by atoms with Crippen LogP contribution in [0.1, 0.15) is 34.6 Å². The molecule has 3 heteroatoms. The van der Waals surface area contributed by atoms with Crippen molar-refractivity contribution in [2.24, 2.45) is 0 Å². The molecule has 1 unspecified atom stereocenters. The van der Waals surface area contributed by atoms with E-state index in [0.717, 1.165) is 19.6 Å². The molecule has 1 aliphatic heterocycles. The van der Waals surface area contributed by atoms with Gasteiger partial charge in [0.25, 0.3) is 0 Å². The van der Waals surface area contributed by atoms with E-state index in [0.29, 0.717) is 6.10 Å². The Bertz CT molecular complexity index is 214. The summed E-state index contributed by atoms with van der Waals surface area (Å²) in [4.78, 5) is 2.49. The zero-order valence-corrected chi connectivity index (χ0v) is 11.1. The molecule has 0 bridgehead atoms. The van der Waals surface area contributed by atoms with Gasteiger partial charge in [0.1, 0.15) is 0 Å². The SMILES string of the molecule is CNC(C)(C)CN1CC(C)OC(C)(C)C1. The largest absolute Gasteiger partial charge is 0.370 e. The lowest BCUT2D eigenvalue weighted by Crippen LogP contribution is -2.57. The first-order valence-corrected chi connectivity index (χ1v) is 5.83. The number of rotatable bonds is 3. The first-order valence-electron chi connectivity index (χ1n) is 5.83. The van der Waals surface area contributed by atoms with Crippen LogP contribution in [0.4, 0.5) is 0 Å². The summed E-state index contributed by atoms with van der Waals surface area (Å²) in [5.41, 5.74) is 0.161. The van der Waals surface area contributed by atoms with Crippen LogP contribution in [0.25, 0.3) is 0 Å². The molecule has 0 amide bonds. The smallest absolute Gasteiger partial charge is 0.0757 e. The molecule has 0 aromatic heterocycles. The van der Waals surface area contributed by atoms with Crippen LogP contribution in [0.3, 0.4) is 0 Å². The average Bonchev–Trinajstić information content (AvgIpc) is 1.99. The molecule has 0 saturated carbocycles. The number of hydrogen-bond acceptors (Lipinski definition) is 3. The fraction of sp³-hybridized carbons (Fsp3) is 1.00. The molecule has 1 aliphatic rings. The van der Waals surface area contributed by atoms with E-state index in [1.807, 2.05) is 7.05 Å². The molecule has 1 atom stereocenters. The van der Waals surface area contributed by atoms with Gasteiger partial charge < -0.3 is 10.1 Å². The molecule has 1 saturated heterocycles. The van der Waals surface area contributed by atoms with Crippen molar-refractivity contribution in [2.75, 3.05) is 26.7 Å². The lowest BCUT2D eigenvalue weighted by atomic mass is 10.0. The molecule has 1 fully saturated rings. The van der Waals surface area contributed by atoms with E-state index >= 15 is 0 Å². The molecule has 1 heterocycles. The first kappa shape index (κ1) is 12.9. The Morgan fingerprint density at radius 3 is 2.53 bits per heavy atom. The van der Waals surface area contributed by atoms with Crippen molar-refractivity contribution >= 4 is 0 Å². The molecule has 0 radical (unpaired) electrons. The van der Waals surface area contributed by atoms with E-state index in [1.54, 1.807) is 0 Å². The molecule has 1 rings (SSSR count). The number of nitrogens with one attached hydrogen (secondary N) is 1. The van der Waals surface area contributed by atoms with Gasteiger partial charge in [0.05, 0.1) is 11.7 Å². The van der Waals surface area contributed by atoms with Crippen LogP contribution in [0.15, 0.2) is 0 Å². The predicted octanol–water partition coefficient (Wildman–Crippen LogP) is 1.48. The van der Waals surface area contributed by atoms with E-state index in [-0.39, 0.29) is 11.1 Å². The van der Waals surface area contributed by atoms with Gasteiger partial charge in [0, 0.05) is 25.2 Å². The third-order valence-corrected chi connectivity index (χ3v) is 2.94. The highest BCUT2D eigenvalue weighted by molar-refractivity contribution is 4.87. The molecule has 15 heavy (non-hydrogen) atoms. The monoisotopic (exact) mass is 214 g/mol. The van der Waals surface area contributed by atoms with Crippen molar-refractivity contribution in [3.8, 4) is 0 Å². The highest BCUT2D eigenvalue weighted by atomic mass is 16.5. The fourth-order valence-electron chi connectivity index (χ4n) is 2.34. The van der Waals surface area contributed by atoms with Gasteiger partial charge in [-0.15, -0.1) is 0 Å². The van der Waals surface area contributed by atoms with Crippen LogP contribution in [-0.2, 0) is 4.74 Å². The summed E-state index contributed by atoms with van der Waals surface area (Å²) in [7, 11) is 2.02. The van der Waals surface area contributed by atoms with Crippen LogP contribution >= 0.6 is 0 Å². The van der Waals surface area contributed by atoms with Crippen LogP contribution in [0.5, 0.6) is 0 Å². The predicted molar refractivity (Wildman–Crippen MR) is 64.2 cm³/mol. The summed E-state index contributed by atoms with van der Waals surface area (Å²) in [6, 6.07) is 0. The minimum Gasteiger partial charge on any atom is -0.370 e. The highest BCUT2D eigenvalue weighted by Gasteiger charge is 2.33. The number of hydrogen-bond donors (Lipinski definition) is 1. The first-order chi connectivity index (χ1) is 6.74. The Morgan fingerprint density at radius 2 is 2.07 bits per heavy atom. The summed E-state index contributed by atoms with van der Waals surface area (Å²) < 4.78 is 5.89. The van der Waals surface area contributed by atoms with Gasteiger partial charge in [0.2, 0.25) is 0 Å². The lowest BCUT2D eigenvalue weighted by Gasteiger charge is -2.44. The van der Waals surface area contributed by atoms with E-state index < -0.39 is 0 Å². The van der Waals surface area contributed by atoms with E-state index in [4.69, 9.17) is 4.74 Å². The maximum absolute atomic E-state index is 5.89. The van der Waals surface area contributed by atoms with Crippen molar-refractivity contribution < 1.29 is 4.74 Å². The molecule has 90 valence electrons. The third kappa shape index (κ3) is 4.09. The number of ether oxygens (including phenoxy) is 1. The van der Waals surface area contributed by atoms with Gasteiger partial charge >= 0.3 is 0 Å². The number of likely N-dealkylation sites (N-methyl/N-ethyl adjacent to an activating group) is 1. The number of nitrogens with zero attached hydrogens (tertiary/aromatic N) is 1. The fourth-order valence-corrected chi connectivity index (χ4v) is 2.34. The van der Waals surface area contributed by atoms with Gasteiger partial charge in [-0.25, -0.2) is 0 Å². The van der Waals surface area contributed by atoms with Crippen molar-refractivity contribution in [1.82, 2.24) is 10.2 Å². The second-order valence-corrected chi connectivity index (χ2v) is 5.99. The quantitative estimate of drug-likeness (QED) is 0.770. The standard InChI is InChI=1S/C12H26N2O/c1-10-7-14(8-11(2,3)13-6)9-12(4,5)15-10/h10,13H,7-9H2,1-6H3. The zero-order valence-electron chi connectivity index (χ0n) is 11.1. The summed E-state index contributed by atoms with van der Waals surface area (Å²) >= 11 is 0. The topological polar surface area (TPSA) is 24.5 Å². The highest BCUT2D eigenvalue weighted by Crippen LogP contribution is 2.21. The van der Waals surface area contributed by atoms with Crippen molar-refractivity contribution in [3.63, 3.8) is 0 Å². The minimum atomic E-state index is -0.0124. The Hall–Kier alpha value is -0.120. The molecule has 1 N–H and O–H groups in total. The molecule has 3 nitrogen and oxygen atoms in total. The molecule has 0 aromatic carbocycles. The minimum absolute atomic E-state index is 0.0124.